The fourth-order valence-electron chi connectivity index (χ4n) is 1.76. The highest BCUT2D eigenvalue weighted by atomic mass is 32.2. The van der Waals surface area contributed by atoms with Crippen LogP contribution in [0, 0.1) is 11.6 Å². The van der Waals surface area contributed by atoms with Gasteiger partial charge in [0, 0.05) is 31.9 Å². The average Bonchev–Trinajstić information content (AvgIpc) is 2.48. The molecule has 0 aliphatic carbocycles. The molecule has 0 N–H and O–H groups in total. The zero-order valence-corrected chi connectivity index (χ0v) is 12.1. The lowest BCUT2D eigenvalue weighted by Gasteiger charge is -2.17. The molecule has 21 heavy (non-hydrogen) atoms. The van der Waals surface area contributed by atoms with Crippen LogP contribution in [0.2, 0.25) is 0 Å². The van der Waals surface area contributed by atoms with E-state index >= 15 is 0 Å². The normalized spacial score (nSPS) is 11.8. The van der Waals surface area contributed by atoms with Gasteiger partial charge in [0.05, 0.1) is 4.90 Å². The number of pyridine rings is 1. The molecule has 4 nitrogen and oxygen atoms in total. The van der Waals surface area contributed by atoms with Crippen molar-refractivity contribution in [3.05, 3.63) is 59.9 Å². The SMILES string of the molecule is CN(CCc1ccccn1)S(=O)(=O)c1ccc(F)c(F)c1. The highest BCUT2D eigenvalue weighted by molar-refractivity contribution is 7.89. The lowest BCUT2D eigenvalue weighted by atomic mass is 10.3. The number of rotatable bonds is 5. The van der Waals surface area contributed by atoms with Crippen molar-refractivity contribution in [2.45, 2.75) is 11.3 Å². The van der Waals surface area contributed by atoms with Crippen LogP contribution in [0.3, 0.4) is 0 Å². The van der Waals surface area contributed by atoms with Crippen LogP contribution >= 0.6 is 0 Å². The van der Waals surface area contributed by atoms with Crippen LogP contribution in [0.1, 0.15) is 5.69 Å². The second-order valence-electron chi connectivity index (χ2n) is 4.47. The minimum absolute atomic E-state index is 0.193. The first kappa shape index (κ1) is 15.5. The second kappa shape index (κ2) is 6.28. The van der Waals surface area contributed by atoms with Crippen LogP contribution in [0.25, 0.3) is 0 Å². The summed E-state index contributed by atoms with van der Waals surface area (Å²) in [6.07, 6.45) is 2.05. The van der Waals surface area contributed by atoms with E-state index in [1.165, 1.54) is 7.05 Å². The maximum absolute atomic E-state index is 13.2. The molecule has 0 unspecified atom stereocenters. The zero-order valence-electron chi connectivity index (χ0n) is 11.3. The van der Waals surface area contributed by atoms with Gasteiger partial charge >= 0.3 is 0 Å². The molecule has 7 heteroatoms. The van der Waals surface area contributed by atoms with Crippen molar-refractivity contribution in [1.82, 2.24) is 9.29 Å². The van der Waals surface area contributed by atoms with Gasteiger partial charge in [-0.2, -0.15) is 0 Å². The Morgan fingerprint density at radius 3 is 2.52 bits per heavy atom. The maximum Gasteiger partial charge on any atom is 0.242 e. The van der Waals surface area contributed by atoms with Gasteiger partial charge in [-0.15, -0.1) is 0 Å². The Bertz CT molecular complexity index is 721. The molecule has 0 aliphatic heterocycles. The lowest BCUT2D eigenvalue weighted by molar-refractivity contribution is 0.467. The van der Waals surface area contributed by atoms with Gasteiger partial charge < -0.3 is 0 Å². The van der Waals surface area contributed by atoms with E-state index in [0.29, 0.717) is 12.5 Å². The number of hydrogen-bond acceptors (Lipinski definition) is 3. The smallest absolute Gasteiger partial charge is 0.242 e. The Labute approximate surface area is 122 Å². The van der Waals surface area contributed by atoms with Crippen molar-refractivity contribution in [1.29, 1.82) is 0 Å². The van der Waals surface area contributed by atoms with Gasteiger partial charge in [-0.25, -0.2) is 21.5 Å². The number of likely N-dealkylation sites (N-methyl/N-ethyl adjacent to an activating group) is 1. The Hall–Kier alpha value is -1.86. The quantitative estimate of drug-likeness (QED) is 0.850. The maximum atomic E-state index is 13.2. The summed E-state index contributed by atoms with van der Waals surface area (Å²) in [7, 11) is -2.46. The van der Waals surface area contributed by atoms with Crippen molar-refractivity contribution in [3.8, 4) is 0 Å². The van der Waals surface area contributed by atoms with E-state index in [2.05, 4.69) is 4.98 Å². The topological polar surface area (TPSA) is 50.3 Å². The van der Waals surface area contributed by atoms with Gasteiger partial charge in [0.1, 0.15) is 0 Å². The van der Waals surface area contributed by atoms with E-state index in [1.807, 2.05) is 6.07 Å². The fraction of sp³-hybridized carbons (Fsp3) is 0.214. The van der Waals surface area contributed by atoms with Crippen molar-refractivity contribution < 1.29 is 17.2 Å². The highest BCUT2D eigenvalue weighted by Gasteiger charge is 2.22. The summed E-state index contributed by atoms with van der Waals surface area (Å²) in [5.74, 6) is -2.26. The Kier molecular flexibility index (Phi) is 4.64. The molecule has 0 radical (unpaired) electrons. The third-order valence-corrected chi connectivity index (χ3v) is 4.86. The van der Waals surface area contributed by atoms with Crippen molar-refractivity contribution in [3.63, 3.8) is 0 Å². The van der Waals surface area contributed by atoms with Crippen molar-refractivity contribution in [2.75, 3.05) is 13.6 Å². The molecule has 1 heterocycles. The van der Waals surface area contributed by atoms with Crippen LogP contribution in [0.15, 0.2) is 47.5 Å². The van der Waals surface area contributed by atoms with Crippen LogP contribution in [0.4, 0.5) is 8.78 Å². The minimum atomic E-state index is -3.85. The first-order valence-electron chi connectivity index (χ1n) is 6.22. The lowest BCUT2D eigenvalue weighted by Crippen LogP contribution is -2.29. The summed E-state index contributed by atoms with van der Waals surface area (Å²) in [5, 5.41) is 0. The molecule has 0 saturated heterocycles. The zero-order chi connectivity index (χ0) is 15.5. The van der Waals surface area contributed by atoms with E-state index in [1.54, 1.807) is 18.3 Å². The molecular formula is C14H14F2N2O2S. The molecule has 1 aromatic heterocycles. The first-order valence-corrected chi connectivity index (χ1v) is 7.66. The Morgan fingerprint density at radius 1 is 1.14 bits per heavy atom. The second-order valence-corrected chi connectivity index (χ2v) is 6.52. The molecule has 0 amide bonds. The average molecular weight is 312 g/mol. The molecule has 0 spiro atoms. The van der Waals surface area contributed by atoms with Crippen LogP contribution in [-0.4, -0.2) is 31.3 Å². The molecule has 0 bridgehead atoms. The van der Waals surface area contributed by atoms with E-state index in [-0.39, 0.29) is 11.4 Å². The molecule has 1 aromatic carbocycles. The van der Waals surface area contributed by atoms with Gasteiger partial charge in [-0.3, -0.25) is 4.98 Å². The van der Waals surface area contributed by atoms with Gasteiger partial charge in [-0.1, -0.05) is 6.07 Å². The molecular weight excluding hydrogens is 298 g/mol. The van der Waals surface area contributed by atoms with E-state index in [4.69, 9.17) is 0 Å². The Morgan fingerprint density at radius 2 is 1.90 bits per heavy atom. The van der Waals surface area contributed by atoms with Gasteiger partial charge in [0.25, 0.3) is 0 Å². The molecule has 0 saturated carbocycles. The molecule has 2 aromatic rings. The highest BCUT2D eigenvalue weighted by Crippen LogP contribution is 2.17. The van der Waals surface area contributed by atoms with Crippen molar-refractivity contribution in [2.24, 2.45) is 0 Å². The number of benzene rings is 1. The molecule has 0 atom stereocenters. The number of hydrogen-bond donors (Lipinski definition) is 0. The van der Waals surface area contributed by atoms with Gasteiger partial charge in [0.15, 0.2) is 11.6 Å². The number of sulfonamides is 1. The molecule has 0 aliphatic rings. The summed E-state index contributed by atoms with van der Waals surface area (Å²) >= 11 is 0. The monoisotopic (exact) mass is 312 g/mol. The van der Waals surface area contributed by atoms with Gasteiger partial charge in [0.2, 0.25) is 10.0 Å². The summed E-state index contributed by atoms with van der Waals surface area (Å²) in [6.45, 7) is 0.193. The van der Waals surface area contributed by atoms with Crippen LogP contribution in [-0.2, 0) is 16.4 Å². The minimum Gasteiger partial charge on any atom is -0.261 e. The van der Waals surface area contributed by atoms with Gasteiger partial charge in [-0.05, 0) is 30.3 Å². The molecule has 112 valence electrons. The van der Waals surface area contributed by atoms with Crippen molar-refractivity contribution >= 4 is 10.0 Å². The van der Waals surface area contributed by atoms with E-state index in [0.717, 1.165) is 22.1 Å². The predicted octanol–water partition coefficient (Wildman–Crippen LogP) is 2.22. The van der Waals surface area contributed by atoms with E-state index in [9.17, 15) is 17.2 Å². The fourth-order valence-corrected chi connectivity index (χ4v) is 2.94. The van der Waals surface area contributed by atoms with Crippen LogP contribution in [0.5, 0.6) is 0 Å². The van der Waals surface area contributed by atoms with E-state index < -0.39 is 21.7 Å². The summed E-state index contributed by atoms with van der Waals surface area (Å²) < 4.78 is 51.6. The van der Waals surface area contributed by atoms with Crippen LogP contribution < -0.4 is 0 Å². The summed E-state index contributed by atoms with van der Waals surface area (Å²) in [6, 6.07) is 7.90. The predicted molar refractivity (Wildman–Crippen MR) is 74.1 cm³/mol. The summed E-state index contributed by atoms with van der Waals surface area (Å²) in [5.41, 5.74) is 0.754. The number of aromatic nitrogens is 1. The largest absolute Gasteiger partial charge is 0.261 e. The molecule has 2 rings (SSSR count). The first-order chi connectivity index (χ1) is 9.91. The summed E-state index contributed by atoms with van der Waals surface area (Å²) in [4.78, 5) is 3.83. The standard InChI is InChI=1S/C14H14F2N2O2S/c1-18(9-7-11-4-2-3-8-17-11)21(19,20)12-5-6-13(15)14(16)10-12/h2-6,8,10H,7,9H2,1H3. The molecule has 0 fully saturated rings. The Balaban J connectivity index is 2.13. The number of halogens is 2. The number of nitrogens with zero attached hydrogens (tertiary/aromatic N) is 2. The third kappa shape index (κ3) is 3.62. The third-order valence-electron chi connectivity index (χ3n) is 3.01.